The van der Waals surface area contributed by atoms with Crippen molar-refractivity contribution >= 4 is 0 Å². The molecule has 0 aromatic carbocycles. The monoisotopic (exact) mass is 241 g/mol. The van der Waals surface area contributed by atoms with Crippen LogP contribution in [0.25, 0.3) is 0 Å². The molecule has 0 atom stereocenters. The third-order valence-electron chi connectivity index (χ3n) is 3.62. The highest BCUT2D eigenvalue weighted by molar-refractivity contribution is 4.59. The van der Waals surface area contributed by atoms with Crippen LogP contribution in [0.3, 0.4) is 0 Å². The fourth-order valence-electron chi connectivity index (χ4n) is 2.38. The van der Waals surface area contributed by atoms with Crippen LogP contribution in [0.4, 0.5) is 0 Å². The SMILES string of the molecule is CN1CCCCNCCCCN(C)CCCC1. The van der Waals surface area contributed by atoms with Gasteiger partial charge in [0.1, 0.15) is 0 Å². The third-order valence-corrected chi connectivity index (χ3v) is 3.62. The van der Waals surface area contributed by atoms with Gasteiger partial charge in [0.05, 0.1) is 0 Å². The topological polar surface area (TPSA) is 18.5 Å². The van der Waals surface area contributed by atoms with Gasteiger partial charge in [-0.2, -0.15) is 0 Å². The summed E-state index contributed by atoms with van der Waals surface area (Å²) < 4.78 is 0. The number of hydrogen-bond acceptors (Lipinski definition) is 3. The standard InChI is InChI=1S/C14H31N3/c1-16-11-5-3-9-15-10-4-6-12-17(2)14-8-7-13-16/h15H,3-14H2,1-2H3. The Morgan fingerprint density at radius 3 is 1.35 bits per heavy atom. The van der Waals surface area contributed by atoms with Crippen LogP contribution in [0.2, 0.25) is 0 Å². The molecule has 1 aliphatic rings. The Labute approximate surface area is 108 Å². The number of nitrogens with one attached hydrogen (secondary N) is 1. The summed E-state index contributed by atoms with van der Waals surface area (Å²) in [6.07, 6.45) is 8.01. The van der Waals surface area contributed by atoms with E-state index in [-0.39, 0.29) is 0 Å². The van der Waals surface area contributed by atoms with Crippen molar-refractivity contribution in [3.8, 4) is 0 Å². The van der Waals surface area contributed by atoms with Crippen LogP contribution in [-0.4, -0.2) is 63.2 Å². The molecule has 3 heteroatoms. The number of rotatable bonds is 0. The van der Waals surface area contributed by atoms with Gasteiger partial charge in [0.2, 0.25) is 0 Å². The molecule has 0 radical (unpaired) electrons. The van der Waals surface area contributed by atoms with Crippen LogP contribution in [0.1, 0.15) is 38.5 Å². The predicted molar refractivity (Wildman–Crippen MR) is 75.6 cm³/mol. The summed E-state index contributed by atoms with van der Waals surface area (Å²) in [7, 11) is 4.52. The van der Waals surface area contributed by atoms with Crippen LogP contribution in [0, 0.1) is 0 Å². The average Bonchev–Trinajstić information content (AvgIpc) is 2.32. The van der Waals surface area contributed by atoms with Gasteiger partial charge in [0, 0.05) is 0 Å². The molecule has 0 amide bonds. The van der Waals surface area contributed by atoms with Crippen LogP contribution in [0.15, 0.2) is 0 Å². The van der Waals surface area contributed by atoms with E-state index in [1.54, 1.807) is 0 Å². The van der Waals surface area contributed by atoms with Crippen molar-refractivity contribution in [3.05, 3.63) is 0 Å². The van der Waals surface area contributed by atoms with Crippen molar-refractivity contribution in [2.24, 2.45) is 0 Å². The molecule has 1 fully saturated rings. The van der Waals surface area contributed by atoms with Gasteiger partial charge in [0.15, 0.2) is 0 Å². The summed E-state index contributed by atoms with van der Waals surface area (Å²) in [5.74, 6) is 0. The summed E-state index contributed by atoms with van der Waals surface area (Å²) in [4.78, 5) is 4.97. The largest absolute Gasteiger partial charge is 0.317 e. The lowest BCUT2D eigenvalue weighted by Crippen LogP contribution is -2.24. The van der Waals surface area contributed by atoms with Crippen LogP contribution in [-0.2, 0) is 0 Å². The zero-order valence-corrected chi connectivity index (χ0v) is 11.9. The molecule has 0 aromatic rings. The number of nitrogens with zero attached hydrogens (tertiary/aromatic N) is 2. The van der Waals surface area contributed by atoms with Crippen molar-refractivity contribution in [3.63, 3.8) is 0 Å². The fourth-order valence-corrected chi connectivity index (χ4v) is 2.38. The second kappa shape index (κ2) is 9.86. The Bertz CT molecular complexity index is 155. The van der Waals surface area contributed by atoms with E-state index in [2.05, 4.69) is 29.2 Å². The molecular weight excluding hydrogens is 210 g/mol. The first-order valence-corrected chi connectivity index (χ1v) is 7.37. The van der Waals surface area contributed by atoms with Crippen LogP contribution >= 0.6 is 0 Å². The van der Waals surface area contributed by atoms with Gasteiger partial charge in [-0.25, -0.2) is 0 Å². The van der Waals surface area contributed by atoms with Gasteiger partial charge < -0.3 is 15.1 Å². The second-order valence-corrected chi connectivity index (χ2v) is 5.48. The minimum atomic E-state index is 1.20. The van der Waals surface area contributed by atoms with Crippen LogP contribution in [0.5, 0.6) is 0 Å². The van der Waals surface area contributed by atoms with Gasteiger partial charge in [0.25, 0.3) is 0 Å². The molecule has 0 bridgehead atoms. The molecule has 1 heterocycles. The van der Waals surface area contributed by atoms with Crippen molar-refractivity contribution in [2.75, 3.05) is 53.4 Å². The molecule has 1 aliphatic heterocycles. The molecule has 1 rings (SSSR count). The van der Waals surface area contributed by atoms with Crippen molar-refractivity contribution in [1.29, 1.82) is 0 Å². The van der Waals surface area contributed by atoms with Gasteiger partial charge in [-0.05, 0) is 91.9 Å². The van der Waals surface area contributed by atoms with Crippen LogP contribution < -0.4 is 5.32 Å². The molecule has 1 saturated heterocycles. The lowest BCUT2D eigenvalue weighted by atomic mass is 10.2. The zero-order valence-electron chi connectivity index (χ0n) is 11.9. The Balaban J connectivity index is 2.19. The normalized spacial score (nSPS) is 25.1. The molecule has 102 valence electrons. The first-order valence-electron chi connectivity index (χ1n) is 7.37. The maximum Gasteiger partial charge on any atom is -0.00213 e. The predicted octanol–water partition coefficient (Wildman–Crippen LogP) is 1.79. The molecular formula is C14H31N3. The summed E-state index contributed by atoms with van der Waals surface area (Å²) in [5, 5.41) is 3.55. The smallest absolute Gasteiger partial charge is 0.00213 e. The molecule has 0 aliphatic carbocycles. The van der Waals surface area contributed by atoms with Crippen molar-refractivity contribution in [1.82, 2.24) is 15.1 Å². The highest BCUT2D eigenvalue weighted by Crippen LogP contribution is 2.00. The molecule has 0 saturated carbocycles. The lowest BCUT2D eigenvalue weighted by Gasteiger charge is -2.18. The third kappa shape index (κ3) is 8.58. The van der Waals surface area contributed by atoms with E-state index >= 15 is 0 Å². The molecule has 0 spiro atoms. The highest BCUT2D eigenvalue weighted by Gasteiger charge is 2.02. The van der Waals surface area contributed by atoms with E-state index in [1.807, 2.05) is 0 Å². The maximum absolute atomic E-state index is 3.55. The van der Waals surface area contributed by atoms with Crippen molar-refractivity contribution in [2.45, 2.75) is 38.5 Å². The van der Waals surface area contributed by atoms with Gasteiger partial charge >= 0.3 is 0 Å². The lowest BCUT2D eigenvalue weighted by molar-refractivity contribution is 0.289. The van der Waals surface area contributed by atoms with Gasteiger partial charge in [-0.15, -0.1) is 0 Å². The summed E-state index contributed by atoms with van der Waals surface area (Å²) in [5.41, 5.74) is 0. The quantitative estimate of drug-likeness (QED) is 0.697. The summed E-state index contributed by atoms with van der Waals surface area (Å²) >= 11 is 0. The molecule has 0 aromatic heterocycles. The van der Waals surface area contributed by atoms with E-state index < -0.39 is 0 Å². The molecule has 3 nitrogen and oxygen atoms in total. The minimum Gasteiger partial charge on any atom is -0.317 e. The number of hydrogen-bond donors (Lipinski definition) is 1. The van der Waals surface area contributed by atoms with Crippen molar-refractivity contribution < 1.29 is 0 Å². The molecule has 1 N–H and O–H groups in total. The highest BCUT2D eigenvalue weighted by atomic mass is 15.1. The van der Waals surface area contributed by atoms with Gasteiger partial charge in [-0.1, -0.05) is 0 Å². The minimum absolute atomic E-state index is 1.20. The zero-order chi connectivity index (χ0) is 12.3. The maximum atomic E-state index is 3.55. The Hall–Kier alpha value is -0.120. The first kappa shape index (κ1) is 14.9. The fraction of sp³-hybridized carbons (Fsp3) is 1.00. The second-order valence-electron chi connectivity index (χ2n) is 5.48. The van der Waals surface area contributed by atoms with Gasteiger partial charge in [-0.3, -0.25) is 0 Å². The van der Waals surface area contributed by atoms with E-state index in [0.29, 0.717) is 0 Å². The van der Waals surface area contributed by atoms with E-state index in [1.165, 1.54) is 77.8 Å². The Morgan fingerprint density at radius 2 is 0.941 bits per heavy atom. The first-order chi connectivity index (χ1) is 8.29. The molecule has 0 unspecified atom stereocenters. The Kier molecular flexibility index (Phi) is 8.67. The van der Waals surface area contributed by atoms with E-state index in [0.717, 1.165) is 0 Å². The summed E-state index contributed by atoms with van der Waals surface area (Å²) in [6.45, 7) is 7.45. The average molecular weight is 241 g/mol. The summed E-state index contributed by atoms with van der Waals surface area (Å²) in [6, 6.07) is 0. The van der Waals surface area contributed by atoms with E-state index in [9.17, 15) is 0 Å². The Morgan fingerprint density at radius 1 is 0.588 bits per heavy atom. The molecule has 17 heavy (non-hydrogen) atoms. The van der Waals surface area contributed by atoms with E-state index in [4.69, 9.17) is 0 Å².